The van der Waals surface area contributed by atoms with Gasteiger partial charge in [0.05, 0.1) is 5.92 Å². The lowest BCUT2D eigenvalue weighted by Crippen LogP contribution is -2.13. The van der Waals surface area contributed by atoms with Gasteiger partial charge in [-0.2, -0.15) is 0 Å². The SMILES string of the molecule is C=C[C@H]1[C@@H]2CC[C@H]1OC2=O. The summed E-state index contributed by atoms with van der Waals surface area (Å²) in [4.78, 5) is 10.9. The van der Waals surface area contributed by atoms with Gasteiger partial charge in [0.2, 0.25) is 0 Å². The molecule has 2 nitrogen and oxygen atoms in total. The van der Waals surface area contributed by atoms with E-state index < -0.39 is 0 Å². The zero-order chi connectivity index (χ0) is 7.14. The molecule has 54 valence electrons. The van der Waals surface area contributed by atoms with E-state index >= 15 is 0 Å². The predicted molar refractivity (Wildman–Crippen MR) is 36.3 cm³/mol. The van der Waals surface area contributed by atoms with Gasteiger partial charge < -0.3 is 4.74 Å². The molecule has 1 aliphatic heterocycles. The van der Waals surface area contributed by atoms with Crippen LogP contribution in [0.2, 0.25) is 0 Å². The van der Waals surface area contributed by atoms with Crippen molar-refractivity contribution in [3.63, 3.8) is 0 Å². The number of hydrogen-bond donors (Lipinski definition) is 0. The summed E-state index contributed by atoms with van der Waals surface area (Å²) in [7, 11) is 0. The van der Waals surface area contributed by atoms with Crippen LogP contribution in [0.5, 0.6) is 0 Å². The molecule has 0 aromatic heterocycles. The highest BCUT2D eigenvalue weighted by Crippen LogP contribution is 2.41. The second-order valence-corrected chi connectivity index (χ2v) is 2.97. The van der Waals surface area contributed by atoms with Crippen LogP contribution < -0.4 is 0 Å². The lowest BCUT2D eigenvalue weighted by molar-refractivity contribution is -0.147. The van der Waals surface area contributed by atoms with Crippen LogP contribution in [0.15, 0.2) is 12.7 Å². The zero-order valence-corrected chi connectivity index (χ0v) is 5.75. The quantitative estimate of drug-likeness (QED) is 0.401. The first kappa shape index (κ1) is 5.96. The van der Waals surface area contributed by atoms with E-state index in [1.165, 1.54) is 0 Å². The highest BCUT2D eigenvalue weighted by Gasteiger charge is 2.48. The summed E-state index contributed by atoms with van der Waals surface area (Å²) >= 11 is 0. The van der Waals surface area contributed by atoms with Crippen molar-refractivity contribution < 1.29 is 9.53 Å². The molecule has 1 heterocycles. The summed E-state index contributed by atoms with van der Waals surface area (Å²) in [6, 6.07) is 0. The minimum atomic E-state index is -0.0128. The Labute approximate surface area is 59.9 Å². The van der Waals surface area contributed by atoms with E-state index in [2.05, 4.69) is 6.58 Å². The molecule has 0 aromatic carbocycles. The molecule has 0 amide bonds. The first-order chi connectivity index (χ1) is 4.83. The van der Waals surface area contributed by atoms with Crippen molar-refractivity contribution in [3.05, 3.63) is 12.7 Å². The van der Waals surface area contributed by atoms with Gasteiger partial charge >= 0.3 is 5.97 Å². The third-order valence-electron chi connectivity index (χ3n) is 2.50. The van der Waals surface area contributed by atoms with E-state index in [4.69, 9.17) is 4.74 Å². The van der Waals surface area contributed by atoms with Crippen LogP contribution in [0.4, 0.5) is 0 Å². The van der Waals surface area contributed by atoms with Crippen molar-refractivity contribution in [1.82, 2.24) is 0 Å². The van der Waals surface area contributed by atoms with Gasteiger partial charge in [-0.3, -0.25) is 4.79 Å². The summed E-state index contributed by atoms with van der Waals surface area (Å²) < 4.78 is 5.05. The van der Waals surface area contributed by atoms with Crippen LogP contribution in [-0.4, -0.2) is 12.1 Å². The Balaban J connectivity index is 2.25. The Hall–Kier alpha value is -0.790. The van der Waals surface area contributed by atoms with E-state index in [0.717, 1.165) is 12.8 Å². The van der Waals surface area contributed by atoms with Crippen molar-refractivity contribution in [2.24, 2.45) is 11.8 Å². The largest absolute Gasteiger partial charge is 0.461 e. The van der Waals surface area contributed by atoms with Crippen molar-refractivity contribution in [2.75, 3.05) is 0 Å². The molecule has 2 bridgehead atoms. The lowest BCUT2D eigenvalue weighted by atomic mass is 9.98. The molecule has 0 N–H and O–H groups in total. The number of rotatable bonds is 1. The molecule has 1 saturated heterocycles. The average molecular weight is 138 g/mol. The smallest absolute Gasteiger partial charge is 0.309 e. The number of fused-ring (bicyclic) bond motifs is 2. The standard InChI is InChI=1S/C8H10O2/c1-2-5-6-3-4-7(5)10-8(6)9/h2,5-7H,1,3-4H2/t5-,6-,7+/m0/s1. The summed E-state index contributed by atoms with van der Waals surface area (Å²) in [5.41, 5.74) is 0. The molecular weight excluding hydrogens is 128 g/mol. The maximum Gasteiger partial charge on any atom is 0.309 e. The number of carbonyl (C=O) groups is 1. The molecular formula is C8H10O2. The molecule has 2 aliphatic rings. The molecule has 2 fully saturated rings. The Morgan fingerprint density at radius 2 is 2.40 bits per heavy atom. The molecule has 2 heteroatoms. The molecule has 2 rings (SSSR count). The Bertz CT molecular complexity index is 186. The van der Waals surface area contributed by atoms with E-state index in [9.17, 15) is 4.79 Å². The molecule has 0 aromatic rings. The van der Waals surface area contributed by atoms with Crippen LogP contribution >= 0.6 is 0 Å². The van der Waals surface area contributed by atoms with Gasteiger partial charge in [-0.15, -0.1) is 6.58 Å². The summed E-state index contributed by atoms with van der Waals surface area (Å²) in [5.74, 6) is 0.441. The van der Waals surface area contributed by atoms with Gasteiger partial charge in [-0.1, -0.05) is 6.08 Å². The van der Waals surface area contributed by atoms with Crippen LogP contribution in [0.1, 0.15) is 12.8 Å². The van der Waals surface area contributed by atoms with Gasteiger partial charge in [0.15, 0.2) is 0 Å². The maximum absolute atomic E-state index is 10.9. The van der Waals surface area contributed by atoms with E-state index in [-0.39, 0.29) is 18.0 Å². The van der Waals surface area contributed by atoms with E-state index in [1.54, 1.807) is 0 Å². The maximum atomic E-state index is 10.9. The minimum absolute atomic E-state index is 0.0128. The second-order valence-electron chi connectivity index (χ2n) is 2.97. The van der Waals surface area contributed by atoms with Crippen molar-refractivity contribution in [1.29, 1.82) is 0 Å². The second kappa shape index (κ2) is 1.84. The van der Waals surface area contributed by atoms with Gasteiger partial charge in [0.25, 0.3) is 0 Å². The molecule has 1 saturated carbocycles. The highest BCUT2D eigenvalue weighted by atomic mass is 16.6. The van der Waals surface area contributed by atoms with Crippen LogP contribution in [-0.2, 0) is 9.53 Å². The monoisotopic (exact) mass is 138 g/mol. The first-order valence-corrected chi connectivity index (χ1v) is 3.66. The molecule has 1 aliphatic carbocycles. The van der Waals surface area contributed by atoms with Gasteiger partial charge in [-0.25, -0.2) is 0 Å². The Morgan fingerprint density at radius 1 is 1.60 bits per heavy atom. The molecule has 0 radical (unpaired) electrons. The Morgan fingerprint density at radius 3 is 2.70 bits per heavy atom. The Kier molecular flexibility index (Phi) is 1.10. The number of ether oxygens (including phenoxy) is 1. The van der Waals surface area contributed by atoms with Crippen molar-refractivity contribution in [2.45, 2.75) is 18.9 Å². The first-order valence-electron chi connectivity index (χ1n) is 3.66. The number of hydrogen-bond acceptors (Lipinski definition) is 2. The third-order valence-corrected chi connectivity index (χ3v) is 2.50. The number of esters is 1. The minimum Gasteiger partial charge on any atom is -0.461 e. The molecule has 0 spiro atoms. The topological polar surface area (TPSA) is 26.3 Å². The fraction of sp³-hybridized carbons (Fsp3) is 0.625. The van der Waals surface area contributed by atoms with Crippen molar-refractivity contribution in [3.8, 4) is 0 Å². The predicted octanol–water partition coefficient (Wildman–Crippen LogP) is 1.12. The van der Waals surface area contributed by atoms with Gasteiger partial charge in [0, 0.05) is 5.92 Å². The normalized spacial score (nSPS) is 43.6. The highest BCUT2D eigenvalue weighted by molar-refractivity contribution is 5.76. The molecule has 3 atom stereocenters. The molecule has 0 unspecified atom stereocenters. The lowest BCUT2D eigenvalue weighted by Gasteiger charge is -2.08. The van der Waals surface area contributed by atoms with Crippen LogP contribution in [0, 0.1) is 11.8 Å². The van der Waals surface area contributed by atoms with E-state index in [1.807, 2.05) is 6.08 Å². The van der Waals surface area contributed by atoms with Crippen LogP contribution in [0.3, 0.4) is 0 Å². The zero-order valence-electron chi connectivity index (χ0n) is 5.75. The fourth-order valence-electron chi connectivity index (χ4n) is 1.95. The summed E-state index contributed by atoms with van der Waals surface area (Å²) in [6.07, 6.45) is 4.05. The van der Waals surface area contributed by atoms with Gasteiger partial charge in [-0.05, 0) is 12.8 Å². The van der Waals surface area contributed by atoms with E-state index in [0.29, 0.717) is 5.92 Å². The fourth-order valence-corrected chi connectivity index (χ4v) is 1.95. The average Bonchev–Trinajstić information content (AvgIpc) is 2.42. The third kappa shape index (κ3) is 0.564. The van der Waals surface area contributed by atoms with Crippen LogP contribution in [0.25, 0.3) is 0 Å². The summed E-state index contributed by atoms with van der Waals surface area (Å²) in [6.45, 7) is 3.69. The molecule has 10 heavy (non-hydrogen) atoms. The number of carbonyl (C=O) groups excluding carboxylic acids is 1. The summed E-state index contributed by atoms with van der Waals surface area (Å²) in [5, 5.41) is 0. The van der Waals surface area contributed by atoms with Gasteiger partial charge in [0.1, 0.15) is 6.10 Å². The van der Waals surface area contributed by atoms with Crippen molar-refractivity contribution >= 4 is 5.97 Å².